The highest BCUT2D eigenvalue weighted by molar-refractivity contribution is 7.15. The van der Waals surface area contributed by atoms with E-state index in [0.717, 1.165) is 18.4 Å². The molecule has 0 aliphatic carbocycles. The summed E-state index contributed by atoms with van der Waals surface area (Å²) in [6.45, 7) is 8.16. The number of aromatic nitrogens is 1. The fourth-order valence-electron chi connectivity index (χ4n) is 2.57. The highest BCUT2D eigenvalue weighted by atomic mass is 35.5. The molecule has 2 N–H and O–H groups in total. The molecule has 1 aromatic heterocycles. The van der Waals surface area contributed by atoms with Crippen LogP contribution in [0.4, 0.5) is 5.13 Å². The van der Waals surface area contributed by atoms with Gasteiger partial charge in [-0.3, -0.25) is 4.90 Å². The fourth-order valence-corrected chi connectivity index (χ4v) is 3.30. The Morgan fingerprint density at radius 2 is 2.24 bits per heavy atom. The molecule has 0 amide bonds. The quantitative estimate of drug-likeness (QED) is 0.902. The number of hydrogen-bond acceptors (Lipinski definition) is 4. The van der Waals surface area contributed by atoms with E-state index in [4.69, 9.17) is 5.73 Å². The minimum absolute atomic E-state index is 0. The zero-order valence-corrected chi connectivity index (χ0v) is 12.2. The SMILES string of the molecule is CC1CCN(Cc2cnc(N)s2)CC(C)C1.Cl. The number of anilines is 1. The second-order valence-corrected chi connectivity index (χ2v) is 6.28. The van der Waals surface area contributed by atoms with Crippen LogP contribution >= 0.6 is 23.7 Å². The number of halogens is 1. The number of thiazole rings is 1. The molecule has 98 valence electrons. The fraction of sp³-hybridized carbons (Fsp3) is 0.750. The van der Waals surface area contributed by atoms with E-state index in [1.54, 1.807) is 11.3 Å². The van der Waals surface area contributed by atoms with Crippen molar-refractivity contribution in [1.82, 2.24) is 9.88 Å². The van der Waals surface area contributed by atoms with Crippen LogP contribution in [0.3, 0.4) is 0 Å². The molecule has 2 atom stereocenters. The average Bonchev–Trinajstić information content (AvgIpc) is 2.52. The van der Waals surface area contributed by atoms with E-state index in [1.807, 2.05) is 6.20 Å². The van der Waals surface area contributed by atoms with Gasteiger partial charge in [-0.25, -0.2) is 4.98 Å². The van der Waals surface area contributed by atoms with Gasteiger partial charge in [-0.05, 0) is 31.2 Å². The van der Waals surface area contributed by atoms with E-state index in [9.17, 15) is 0 Å². The monoisotopic (exact) mass is 275 g/mol. The van der Waals surface area contributed by atoms with Crippen LogP contribution in [-0.2, 0) is 6.54 Å². The minimum atomic E-state index is 0. The van der Waals surface area contributed by atoms with E-state index < -0.39 is 0 Å². The summed E-state index contributed by atoms with van der Waals surface area (Å²) in [7, 11) is 0. The van der Waals surface area contributed by atoms with Crippen molar-refractivity contribution in [2.24, 2.45) is 11.8 Å². The number of rotatable bonds is 2. The summed E-state index contributed by atoms with van der Waals surface area (Å²) in [4.78, 5) is 7.94. The first-order valence-electron chi connectivity index (χ1n) is 6.06. The van der Waals surface area contributed by atoms with Gasteiger partial charge in [0.25, 0.3) is 0 Å². The van der Waals surface area contributed by atoms with Crippen LogP contribution in [0.25, 0.3) is 0 Å². The Bertz CT molecular complexity index is 342. The van der Waals surface area contributed by atoms with E-state index in [1.165, 1.54) is 30.8 Å². The lowest BCUT2D eigenvalue weighted by molar-refractivity contribution is 0.250. The third-order valence-electron chi connectivity index (χ3n) is 3.26. The molecule has 0 spiro atoms. The van der Waals surface area contributed by atoms with Gasteiger partial charge in [0, 0.05) is 24.2 Å². The summed E-state index contributed by atoms with van der Waals surface area (Å²) in [5, 5.41) is 0.686. The van der Waals surface area contributed by atoms with Gasteiger partial charge in [-0.1, -0.05) is 13.8 Å². The van der Waals surface area contributed by atoms with E-state index >= 15 is 0 Å². The summed E-state index contributed by atoms with van der Waals surface area (Å²) in [6, 6.07) is 0. The van der Waals surface area contributed by atoms with Crippen molar-refractivity contribution < 1.29 is 0 Å². The van der Waals surface area contributed by atoms with Crippen molar-refractivity contribution in [1.29, 1.82) is 0 Å². The summed E-state index contributed by atoms with van der Waals surface area (Å²) < 4.78 is 0. The number of nitrogens with zero attached hydrogens (tertiary/aromatic N) is 2. The highest BCUT2D eigenvalue weighted by Crippen LogP contribution is 2.24. The number of nitrogen functional groups attached to an aromatic ring is 1. The molecule has 3 nitrogen and oxygen atoms in total. The molecule has 17 heavy (non-hydrogen) atoms. The van der Waals surface area contributed by atoms with Crippen LogP contribution in [0.2, 0.25) is 0 Å². The van der Waals surface area contributed by atoms with Crippen molar-refractivity contribution in [3.8, 4) is 0 Å². The normalized spacial score (nSPS) is 26.2. The standard InChI is InChI=1S/C12H21N3S.ClH/c1-9-3-4-15(7-10(2)5-9)8-11-6-14-12(13)16-11;/h6,9-10H,3-5,7-8H2,1-2H3,(H2,13,14);1H. The first kappa shape index (κ1) is 14.7. The average molecular weight is 276 g/mol. The van der Waals surface area contributed by atoms with Crippen molar-refractivity contribution in [2.45, 2.75) is 33.2 Å². The topological polar surface area (TPSA) is 42.2 Å². The number of likely N-dealkylation sites (tertiary alicyclic amines) is 1. The first-order chi connectivity index (χ1) is 7.63. The molecule has 1 saturated heterocycles. The van der Waals surface area contributed by atoms with Crippen LogP contribution in [0.15, 0.2) is 6.20 Å². The summed E-state index contributed by atoms with van der Waals surface area (Å²) in [5.41, 5.74) is 5.65. The Morgan fingerprint density at radius 1 is 1.47 bits per heavy atom. The molecule has 2 rings (SSSR count). The van der Waals surface area contributed by atoms with Crippen molar-refractivity contribution in [2.75, 3.05) is 18.8 Å². The van der Waals surface area contributed by atoms with Gasteiger partial charge in [0.1, 0.15) is 0 Å². The van der Waals surface area contributed by atoms with E-state index in [-0.39, 0.29) is 12.4 Å². The minimum Gasteiger partial charge on any atom is -0.375 e. The lowest BCUT2D eigenvalue weighted by Crippen LogP contribution is -2.26. The zero-order valence-electron chi connectivity index (χ0n) is 10.6. The number of nitrogens with two attached hydrogens (primary N) is 1. The van der Waals surface area contributed by atoms with Crippen LogP contribution in [0.5, 0.6) is 0 Å². The summed E-state index contributed by atoms with van der Waals surface area (Å²) in [6.07, 6.45) is 4.60. The molecular formula is C12H22ClN3S. The zero-order chi connectivity index (χ0) is 11.5. The van der Waals surface area contributed by atoms with E-state index in [2.05, 4.69) is 23.7 Å². The number of hydrogen-bond donors (Lipinski definition) is 1. The van der Waals surface area contributed by atoms with Crippen LogP contribution in [-0.4, -0.2) is 23.0 Å². The van der Waals surface area contributed by atoms with Crippen molar-refractivity contribution >= 4 is 28.9 Å². The lowest BCUT2D eigenvalue weighted by Gasteiger charge is -2.21. The van der Waals surface area contributed by atoms with Crippen molar-refractivity contribution in [3.63, 3.8) is 0 Å². The Hall–Kier alpha value is -0.320. The van der Waals surface area contributed by atoms with Gasteiger partial charge in [0.05, 0.1) is 0 Å². The lowest BCUT2D eigenvalue weighted by atomic mass is 9.97. The van der Waals surface area contributed by atoms with Crippen LogP contribution in [0.1, 0.15) is 31.6 Å². The molecule has 5 heteroatoms. The van der Waals surface area contributed by atoms with Gasteiger partial charge in [-0.15, -0.1) is 23.7 Å². The largest absolute Gasteiger partial charge is 0.375 e. The Labute approximate surface area is 114 Å². The third kappa shape index (κ3) is 4.45. The van der Waals surface area contributed by atoms with Gasteiger partial charge in [-0.2, -0.15) is 0 Å². The highest BCUT2D eigenvalue weighted by Gasteiger charge is 2.19. The second kappa shape index (κ2) is 6.57. The second-order valence-electron chi connectivity index (χ2n) is 5.13. The molecule has 1 aliphatic rings. The third-order valence-corrected chi connectivity index (χ3v) is 4.07. The smallest absolute Gasteiger partial charge is 0.180 e. The maximum atomic E-state index is 5.65. The molecule has 1 aromatic rings. The molecule has 1 aliphatic heterocycles. The van der Waals surface area contributed by atoms with Crippen molar-refractivity contribution in [3.05, 3.63) is 11.1 Å². The van der Waals surface area contributed by atoms with Gasteiger partial charge in [0.15, 0.2) is 5.13 Å². The molecule has 2 unspecified atom stereocenters. The molecule has 1 fully saturated rings. The van der Waals surface area contributed by atoms with E-state index in [0.29, 0.717) is 5.13 Å². The Morgan fingerprint density at radius 3 is 2.88 bits per heavy atom. The molecule has 2 heterocycles. The summed E-state index contributed by atoms with van der Waals surface area (Å²) >= 11 is 1.62. The molecule has 0 aromatic carbocycles. The van der Waals surface area contributed by atoms with Crippen LogP contribution in [0, 0.1) is 11.8 Å². The van der Waals surface area contributed by atoms with Gasteiger partial charge in [0.2, 0.25) is 0 Å². The molecule has 0 bridgehead atoms. The van der Waals surface area contributed by atoms with Gasteiger partial charge >= 0.3 is 0 Å². The first-order valence-corrected chi connectivity index (χ1v) is 6.87. The molecular weight excluding hydrogens is 254 g/mol. The van der Waals surface area contributed by atoms with Crippen LogP contribution < -0.4 is 5.73 Å². The molecule has 0 saturated carbocycles. The maximum absolute atomic E-state index is 5.65. The maximum Gasteiger partial charge on any atom is 0.180 e. The summed E-state index contributed by atoms with van der Waals surface area (Å²) in [5.74, 6) is 1.68. The Kier molecular flexibility index (Phi) is 5.70. The predicted molar refractivity (Wildman–Crippen MR) is 76.6 cm³/mol. The molecule has 0 radical (unpaired) electrons. The Balaban J connectivity index is 0.00000144. The van der Waals surface area contributed by atoms with Gasteiger partial charge < -0.3 is 5.73 Å². The predicted octanol–water partition coefficient (Wildman–Crippen LogP) is 3.02.